The van der Waals surface area contributed by atoms with Crippen LogP contribution in [0.2, 0.25) is 0 Å². The zero-order valence-corrected chi connectivity index (χ0v) is 17.4. The number of benzene rings is 1. The van der Waals surface area contributed by atoms with Crippen LogP contribution in [0.15, 0.2) is 30.6 Å². The first-order valence-electron chi connectivity index (χ1n) is 7.19. The minimum Gasteiger partial charge on any atom is -0.340 e. The van der Waals surface area contributed by atoms with Crippen molar-refractivity contribution in [2.75, 3.05) is 5.32 Å². The molecular formula is C13H9BrClF2N7O2S2. The van der Waals surface area contributed by atoms with Gasteiger partial charge in [0.2, 0.25) is 4.20 Å². The molecule has 0 aliphatic carbocycles. The summed E-state index contributed by atoms with van der Waals surface area (Å²) < 4.78 is 21.9. The van der Waals surface area contributed by atoms with E-state index in [1.54, 1.807) is 6.07 Å². The molecule has 9 nitrogen and oxygen atoms in total. The second kappa shape index (κ2) is 7.94. The second-order valence-corrected chi connectivity index (χ2v) is 10.8. The molecule has 0 bridgehead atoms. The van der Waals surface area contributed by atoms with E-state index in [0.717, 1.165) is 0 Å². The van der Waals surface area contributed by atoms with Gasteiger partial charge in [0.05, 0.1) is 6.33 Å². The number of aromatic amines is 1. The fraction of sp³-hybridized carbons (Fsp3) is 0.154. The van der Waals surface area contributed by atoms with Crippen LogP contribution in [-0.2, 0) is 4.20 Å². The predicted octanol–water partition coefficient (Wildman–Crippen LogP) is 4.18. The first kappa shape index (κ1) is 21.0. The Labute approximate surface area is 177 Å². The molecule has 0 fully saturated rings. The molecule has 0 amide bonds. The number of nitrogens with one attached hydrogen (secondary N) is 2. The third kappa shape index (κ3) is 5.00. The molecular weight excluding hydrogens is 504 g/mol. The zero-order valence-electron chi connectivity index (χ0n) is 13.4. The summed E-state index contributed by atoms with van der Waals surface area (Å²) >= 11 is 8.18. The van der Waals surface area contributed by atoms with Crippen molar-refractivity contribution in [3.8, 4) is 0 Å². The van der Waals surface area contributed by atoms with Crippen LogP contribution in [0.5, 0.6) is 0 Å². The van der Waals surface area contributed by atoms with Crippen LogP contribution in [0, 0.1) is 15.9 Å². The van der Waals surface area contributed by atoms with Crippen LogP contribution in [0.25, 0.3) is 11.2 Å². The fourth-order valence-electron chi connectivity index (χ4n) is 2.17. The number of rotatable bonds is 7. The highest BCUT2D eigenvalue weighted by atomic mass is 79.9. The van der Waals surface area contributed by atoms with Crippen LogP contribution in [0.4, 0.5) is 20.3 Å². The standard InChI is InChI=1S/C13H9BrClF2N7O2S2/c14-13(15,17)27-12(18,28-24(25)26)11-22-9-8(19-5-20-9)10(23-11)21-7-3-1-2-6(16)4-7/h1-5H,18H2,(H2,19,20,21,22,23). The fourth-order valence-corrected chi connectivity index (χ4v) is 5.36. The van der Waals surface area contributed by atoms with Crippen LogP contribution < -0.4 is 11.1 Å². The molecule has 0 radical (unpaired) electrons. The number of hydrogen-bond acceptors (Lipinski definition) is 9. The SMILES string of the molecule is NC(S[N+](=O)[O-])(SC(F)(Cl)Br)c1nc(Nc2cccc(F)c2)c2[nH]cnc2n1. The number of anilines is 2. The minimum absolute atomic E-state index is 0.0318. The molecule has 15 heteroatoms. The Bertz CT molecular complexity index is 1040. The van der Waals surface area contributed by atoms with Crippen LogP contribution in [0.1, 0.15) is 5.82 Å². The predicted molar refractivity (Wildman–Crippen MR) is 108 cm³/mol. The highest BCUT2D eigenvalue weighted by molar-refractivity contribution is 9.12. The molecule has 3 rings (SSSR count). The van der Waals surface area contributed by atoms with Gasteiger partial charge in [0, 0.05) is 5.69 Å². The van der Waals surface area contributed by atoms with Crippen LogP contribution in [-0.4, -0.2) is 27.6 Å². The maximum absolute atomic E-state index is 14.0. The van der Waals surface area contributed by atoms with Crippen molar-refractivity contribution in [3.63, 3.8) is 0 Å². The topological polar surface area (TPSA) is 136 Å². The number of aromatic nitrogens is 4. The summed E-state index contributed by atoms with van der Waals surface area (Å²) in [6, 6.07) is 5.53. The van der Waals surface area contributed by atoms with Crippen molar-refractivity contribution < 1.29 is 13.1 Å². The first-order chi connectivity index (χ1) is 13.1. The molecule has 0 spiro atoms. The van der Waals surface area contributed by atoms with Crippen molar-refractivity contribution in [3.05, 3.63) is 52.3 Å². The molecule has 2 aromatic heterocycles. The number of imidazole rings is 1. The summed E-state index contributed by atoms with van der Waals surface area (Å²) in [5.74, 6) is -0.702. The van der Waals surface area contributed by atoms with Crippen molar-refractivity contribution in [2.45, 2.75) is 7.57 Å². The number of nitrogens with zero attached hydrogens (tertiary/aromatic N) is 4. The van der Waals surface area contributed by atoms with Gasteiger partial charge >= 0.3 is 0 Å². The second-order valence-electron chi connectivity index (χ2n) is 5.16. The maximum atomic E-state index is 14.0. The summed E-state index contributed by atoms with van der Waals surface area (Å²) in [4.78, 5) is 26.1. The quantitative estimate of drug-likeness (QED) is 0.140. The number of alkyl halides is 3. The van der Waals surface area contributed by atoms with Gasteiger partial charge in [-0.05, 0) is 45.9 Å². The van der Waals surface area contributed by atoms with Gasteiger partial charge < -0.3 is 10.3 Å². The number of nitrogens with two attached hydrogens (primary N) is 1. The average molecular weight is 513 g/mol. The average Bonchev–Trinajstić information content (AvgIpc) is 3.01. The Morgan fingerprint density at radius 2 is 2.18 bits per heavy atom. The smallest absolute Gasteiger partial charge is 0.287 e. The lowest BCUT2D eigenvalue weighted by atomic mass is 10.3. The van der Waals surface area contributed by atoms with Gasteiger partial charge in [-0.15, -0.1) is 0 Å². The molecule has 148 valence electrons. The van der Waals surface area contributed by atoms with Gasteiger partial charge in [-0.25, -0.2) is 23.7 Å². The number of halogens is 4. The van der Waals surface area contributed by atoms with E-state index in [-0.39, 0.29) is 41.0 Å². The largest absolute Gasteiger partial charge is 0.340 e. The van der Waals surface area contributed by atoms with Gasteiger partial charge in [-0.1, -0.05) is 17.7 Å². The molecule has 1 aromatic carbocycles. The van der Waals surface area contributed by atoms with Gasteiger partial charge in [0.15, 0.2) is 17.3 Å². The third-order valence-corrected chi connectivity index (χ3v) is 5.67. The summed E-state index contributed by atoms with van der Waals surface area (Å²) in [5, 5.41) is 13.9. The summed E-state index contributed by atoms with van der Waals surface area (Å²) in [5.41, 5.74) is 6.82. The summed E-state index contributed by atoms with van der Waals surface area (Å²) in [6.45, 7) is 0. The Hall–Kier alpha value is -1.74. The molecule has 28 heavy (non-hydrogen) atoms. The van der Waals surface area contributed by atoms with Gasteiger partial charge in [-0.3, -0.25) is 15.8 Å². The van der Waals surface area contributed by atoms with E-state index in [4.69, 9.17) is 17.3 Å². The lowest BCUT2D eigenvalue weighted by Gasteiger charge is -2.24. The molecule has 2 unspecified atom stereocenters. The van der Waals surface area contributed by atoms with Crippen LogP contribution in [0.3, 0.4) is 0 Å². The molecule has 0 aliphatic heterocycles. The maximum Gasteiger partial charge on any atom is 0.287 e. The number of fused-ring (bicyclic) bond motifs is 1. The van der Waals surface area contributed by atoms with Gasteiger partial charge in [-0.2, -0.15) is 0 Å². The van der Waals surface area contributed by atoms with E-state index >= 15 is 0 Å². The molecule has 0 aliphatic rings. The van der Waals surface area contributed by atoms with Gasteiger partial charge in [0.1, 0.15) is 15.7 Å². The Kier molecular flexibility index (Phi) is 5.95. The normalized spacial score (nSPS) is 15.8. The molecule has 3 aromatic rings. The minimum atomic E-state index is -2.62. The Balaban J connectivity index is 2.11. The first-order valence-corrected chi connectivity index (χ1v) is 9.95. The van der Waals surface area contributed by atoms with E-state index in [1.807, 2.05) is 0 Å². The Morgan fingerprint density at radius 3 is 2.82 bits per heavy atom. The Morgan fingerprint density at radius 1 is 1.43 bits per heavy atom. The van der Waals surface area contributed by atoms with E-state index in [9.17, 15) is 18.9 Å². The number of H-pyrrole nitrogens is 1. The van der Waals surface area contributed by atoms with E-state index < -0.39 is 17.7 Å². The molecule has 2 atom stereocenters. The van der Waals surface area contributed by atoms with Crippen LogP contribution >= 0.6 is 51.2 Å². The lowest BCUT2D eigenvalue weighted by Crippen LogP contribution is -2.35. The van der Waals surface area contributed by atoms with E-state index in [0.29, 0.717) is 11.2 Å². The number of nitro groups is 1. The van der Waals surface area contributed by atoms with Gasteiger partial charge in [0.25, 0.3) is 15.3 Å². The summed E-state index contributed by atoms with van der Waals surface area (Å²) in [7, 11) is 0. The van der Waals surface area contributed by atoms with Crippen molar-refractivity contribution >= 4 is 73.9 Å². The molecule has 0 saturated heterocycles. The monoisotopic (exact) mass is 511 g/mol. The third-order valence-electron chi connectivity index (χ3n) is 3.16. The summed E-state index contributed by atoms with van der Waals surface area (Å²) in [6.07, 6.45) is 1.32. The molecule has 2 heterocycles. The molecule has 4 N–H and O–H groups in total. The van der Waals surface area contributed by atoms with Crippen molar-refractivity contribution in [1.82, 2.24) is 19.9 Å². The van der Waals surface area contributed by atoms with E-state index in [2.05, 4.69) is 41.2 Å². The number of thioether (sulfide) groups is 1. The van der Waals surface area contributed by atoms with Crippen molar-refractivity contribution in [2.24, 2.45) is 5.73 Å². The van der Waals surface area contributed by atoms with E-state index in [1.165, 1.54) is 24.5 Å². The zero-order chi connectivity index (χ0) is 20.5. The van der Waals surface area contributed by atoms with Crippen molar-refractivity contribution in [1.29, 1.82) is 0 Å². The highest BCUT2D eigenvalue weighted by Crippen LogP contribution is 2.52. The lowest BCUT2D eigenvalue weighted by molar-refractivity contribution is -0.285. The number of hydrogen-bond donors (Lipinski definition) is 3. The molecule has 0 saturated carbocycles. The highest BCUT2D eigenvalue weighted by Gasteiger charge is 2.48.